The number of aromatic nitrogens is 1. The molecule has 0 aliphatic carbocycles. The fourth-order valence-electron chi connectivity index (χ4n) is 1.44. The Hall–Kier alpha value is -1.38. The molecule has 1 atom stereocenters. The van der Waals surface area contributed by atoms with Gasteiger partial charge in [0.2, 0.25) is 10.0 Å². The molecule has 1 rings (SSSR count). The highest BCUT2D eigenvalue weighted by Gasteiger charge is 2.21. The molecule has 7 nitrogen and oxygen atoms in total. The maximum atomic E-state index is 11.9. The number of H-pyrrole nitrogens is 1. The maximum Gasteiger partial charge on any atom is 0.352 e. The molecule has 1 aromatic rings. The van der Waals surface area contributed by atoms with Crippen molar-refractivity contribution in [3.05, 3.63) is 18.0 Å². The van der Waals surface area contributed by atoms with Crippen LogP contribution in [0.5, 0.6) is 0 Å². The number of hydrogen-bond acceptors (Lipinski definition) is 4. The average Bonchev–Trinajstić information content (AvgIpc) is 2.78. The van der Waals surface area contributed by atoms with E-state index in [9.17, 15) is 13.2 Å². The summed E-state index contributed by atoms with van der Waals surface area (Å²) < 4.78 is 26.2. The molecular formula is C10H16N2O5S. The third-order valence-corrected chi connectivity index (χ3v) is 3.99. The highest BCUT2D eigenvalue weighted by Crippen LogP contribution is 2.12. The molecular weight excluding hydrogens is 260 g/mol. The molecule has 0 fully saturated rings. The van der Waals surface area contributed by atoms with Crippen LogP contribution in [-0.4, -0.2) is 42.2 Å². The van der Waals surface area contributed by atoms with Gasteiger partial charge in [-0.2, -0.15) is 0 Å². The second-order valence-electron chi connectivity index (χ2n) is 3.79. The van der Waals surface area contributed by atoms with E-state index < -0.39 is 16.0 Å². The van der Waals surface area contributed by atoms with Gasteiger partial charge < -0.3 is 15.2 Å². The number of nitrogens with one attached hydrogen (secondary N) is 2. The third kappa shape index (κ3) is 3.56. The number of aliphatic hydroxyl groups excluding tert-OH is 1. The number of aromatic amines is 1. The number of carboxylic acids is 1. The lowest BCUT2D eigenvalue weighted by atomic mass is 10.2. The fraction of sp³-hybridized carbons (Fsp3) is 0.500. The Kier molecular flexibility index (Phi) is 4.88. The van der Waals surface area contributed by atoms with Crippen LogP contribution in [0.25, 0.3) is 0 Å². The monoisotopic (exact) mass is 276 g/mol. The Labute approximate surface area is 105 Å². The molecule has 8 heteroatoms. The van der Waals surface area contributed by atoms with Crippen molar-refractivity contribution >= 4 is 16.0 Å². The van der Waals surface area contributed by atoms with Gasteiger partial charge in [0, 0.05) is 18.8 Å². The lowest BCUT2D eigenvalue weighted by Gasteiger charge is -2.14. The molecule has 0 aliphatic heterocycles. The van der Waals surface area contributed by atoms with Crippen LogP contribution < -0.4 is 4.72 Å². The lowest BCUT2D eigenvalue weighted by molar-refractivity contribution is 0.0691. The summed E-state index contributed by atoms with van der Waals surface area (Å²) in [7, 11) is -3.76. The topological polar surface area (TPSA) is 119 Å². The molecule has 1 unspecified atom stereocenters. The molecule has 1 heterocycles. The zero-order valence-electron chi connectivity index (χ0n) is 9.88. The zero-order chi connectivity index (χ0) is 13.8. The molecule has 0 aliphatic rings. The molecule has 1 aromatic heterocycles. The van der Waals surface area contributed by atoms with Crippen LogP contribution in [0.2, 0.25) is 0 Å². The molecule has 0 aromatic carbocycles. The fourth-order valence-corrected chi connectivity index (χ4v) is 2.79. The van der Waals surface area contributed by atoms with Crippen molar-refractivity contribution in [3.63, 3.8) is 0 Å². The van der Waals surface area contributed by atoms with Gasteiger partial charge >= 0.3 is 5.97 Å². The average molecular weight is 276 g/mol. The van der Waals surface area contributed by atoms with Gasteiger partial charge in [0.05, 0.1) is 0 Å². The summed E-state index contributed by atoms with van der Waals surface area (Å²) in [6.07, 6.45) is 1.97. The van der Waals surface area contributed by atoms with Crippen LogP contribution >= 0.6 is 0 Å². The molecule has 0 saturated heterocycles. The quantitative estimate of drug-likeness (QED) is 0.565. The maximum absolute atomic E-state index is 11.9. The Bertz CT molecular complexity index is 508. The SMILES string of the molecule is CCC(CCO)NS(=O)(=O)c1c[nH]c(C(=O)O)c1. The van der Waals surface area contributed by atoms with E-state index in [1.54, 1.807) is 6.92 Å². The molecule has 18 heavy (non-hydrogen) atoms. The van der Waals surface area contributed by atoms with E-state index >= 15 is 0 Å². The Morgan fingerprint density at radius 3 is 2.67 bits per heavy atom. The molecule has 0 radical (unpaired) electrons. The number of hydrogen-bond donors (Lipinski definition) is 4. The number of aliphatic hydroxyl groups is 1. The first-order chi connectivity index (χ1) is 8.40. The van der Waals surface area contributed by atoms with Crippen LogP contribution in [0.15, 0.2) is 17.2 Å². The van der Waals surface area contributed by atoms with Gasteiger partial charge in [-0.1, -0.05) is 6.92 Å². The van der Waals surface area contributed by atoms with Crippen molar-refractivity contribution in [3.8, 4) is 0 Å². The van der Waals surface area contributed by atoms with E-state index in [1.807, 2.05) is 0 Å². The van der Waals surface area contributed by atoms with Crippen LogP contribution in [-0.2, 0) is 10.0 Å². The summed E-state index contributed by atoms with van der Waals surface area (Å²) in [5.41, 5.74) is -0.189. The van der Waals surface area contributed by atoms with Crippen molar-refractivity contribution in [2.45, 2.75) is 30.7 Å². The molecule has 0 spiro atoms. The normalized spacial score (nSPS) is 13.4. The van der Waals surface area contributed by atoms with Crippen LogP contribution in [0.1, 0.15) is 30.3 Å². The van der Waals surface area contributed by atoms with E-state index in [0.29, 0.717) is 12.8 Å². The van der Waals surface area contributed by atoms with Gasteiger partial charge in [-0.25, -0.2) is 17.9 Å². The zero-order valence-corrected chi connectivity index (χ0v) is 10.7. The standard InChI is InChI=1S/C10H16N2O5S/c1-2-7(3-4-13)12-18(16,17)8-5-9(10(14)15)11-6-8/h5-7,11-13H,2-4H2,1H3,(H,14,15). The third-order valence-electron chi connectivity index (χ3n) is 2.49. The minimum atomic E-state index is -3.76. The second kappa shape index (κ2) is 5.98. The number of carbonyl (C=O) groups is 1. The molecule has 102 valence electrons. The van der Waals surface area contributed by atoms with E-state index in [-0.39, 0.29) is 23.2 Å². The summed E-state index contributed by atoms with van der Waals surface area (Å²) in [5.74, 6) is -1.22. The molecule has 4 N–H and O–H groups in total. The minimum absolute atomic E-state index is 0.117. The Morgan fingerprint density at radius 1 is 1.56 bits per heavy atom. The van der Waals surface area contributed by atoms with E-state index in [4.69, 9.17) is 10.2 Å². The van der Waals surface area contributed by atoms with Gasteiger partial charge in [-0.3, -0.25) is 0 Å². The van der Waals surface area contributed by atoms with Gasteiger partial charge in [-0.15, -0.1) is 0 Å². The number of aromatic carboxylic acids is 1. The van der Waals surface area contributed by atoms with Gasteiger partial charge in [0.1, 0.15) is 10.6 Å². The highest BCUT2D eigenvalue weighted by molar-refractivity contribution is 7.89. The first kappa shape index (κ1) is 14.7. The summed E-state index contributed by atoms with van der Waals surface area (Å²) in [6, 6.07) is 0.680. The van der Waals surface area contributed by atoms with Crippen molar-refractivity contribution in [1.82, 2.24) is 9.71 Å². The first-order valence-corrected chi connectivity index (χ1v) is 6.94. The molecule has 0 bridgehead atoms. The van der Waals surface area contributed by atoms with Crippen molar-refractivity contribution in [2.24, 2.45) is 0 Å². The van der Waals surface area contributed by atoms with Crippen molar-refractivity contribution in [1.29, 1.82) is 0 Å². The van der Waals surface area contributed by atoms with Crippen LogP contribution in [0.4, 0.5) is 0 Å². The lowest BCUT2D eigenvalue weighted by Crippen LogP contribution is -2.34. The van der Waals surface area contributed by atoms with E-state index in [1.165, 1.54) is 0 Å². The number of sulfonamides is 1. The Morgan fingerprint density at radius 2 is 2.22 bits per heavy atom. The second-order valence-corrected chi connectivity index (χ2v) is 5.51. The van der Waals surface area contributed by atoms with Gasteiger partial charge in [0.15, 0.2) is 0 Å². The largest absolute Gasteiger partial charge is 0.477 e. The molecule has 0 saturated carbocycles. The summed E-state index contributed by atoms with van der Waals surface area (Å²) in [4.78, 5) is 12.9. The number of carboxylic acid groups (broad SMARTS) is 1. The van der Waals surface area contributed by atoms with Crippen molar-refractivity contribution in [2.75, 3.05) is 6.61 Å². The van der Waals surface area contributed by atoms with E-state index in [2.05, 4.69) is 9.71 Å². The smallest absolute Gasteiger partial charge is 0.352 e. The Balaban J connectivity index is 2.88. The first-order valence-electron chi connectivity index (χ1n) is 5.45. The highest BCUT2D eigenvalue weighted by atomic mass is 32.2. The van der Waals surface area contributed by atoms with Crippen molar-refractivity contribution < 1.29 is 23.4 Å². The summed E-state index contributed by atoms with van der Waals surface area (Å²) >= 11 is 0. The predicted molar refractivity (Wildman–Crippen MR) is 63.9 cm³/mol. The summed E-state index contributed by atoms with van der Waals surface area (Å²) in [5, 5.41) is 17.5. The number of rotatable bonds is 7. The summed E-state index contributed by atoms with van der Waals surface area (Å²) in [6.45, 7) is 1.68. The van der Waals surface area contributed by atoms with Gasteiger partial charge in [-0.05, 0) is 18.9 Å². The molecule has 0 amide bonds. The van der Waals surface area contributed by atoms with Crippen LogP contribution in [0.3, 0.4) is 0 Å². The van der Waals surface area contributed by atoms with Crippen LogP contribution in [0, 0.1) is 0 Å². The van der Waals surface area contributed by atoms with E-state index in [0.717, 1.165) is 12.3 Å². The minimum Gasteiger partial charge on any atom is -0.477 e. The predicted octanol–water partition coefficient (Wildman–Crippen LogP) is 0.152. The van der Waals surface area contributed by atoms with Gasteiger partial charge in [0.25, 0.3) is 0 Å².